The van der Waals surface area contributed by atoms with Gasteiger partial charge in [-0.3, -0.25) is 14.8 Å². The molecule has 182 valence electrons. The van der Waals surface area contributed by atoms with Gasteiger partial charge in [-0.2, -0.15) is 13.2 Å². The second-order valence-corrected chi connectivity index (χ2v) is 8.41. The van der Waals surface area contributed by atoms with Gasteiger partial charge in [-0.05, 0) is 59.3 Å². The fraction of sp³-hybridized carbons (Fsp3) is 0.115. The highest BCUT2D eigenvalue weighted by Crippen LogP contribution is 2.35. The van der Waals surface area contributed by atoms with Gasteiger partial charge >= 0.3 is 6.18 Å². The second kappa shape index (κ2) is 9.50. The minimum absolute atomic E-state index is 0.154. The van der Waals surface area contributed by atoms with Crippen molar-refractivity contribution in [1.29, 1.82) is 0 Å². The van der Waals surface area contributed by atoms with Crippen LogP contribution in [-0.4, -0.2) is 29.8 Å². The lowest BCUT2D eigenvalue weighted by atomic mass is 10.1. The first kappa shape index (κ1) is 23.6. The van der Waals surface area contributed by atoms with Crippen LogP contribution < -0.4 is 15.4 Å². The summed E-state index contributed by atoms with van der Waals surface area (Å²) in [4.78, 5) is 21.3. The Balaban J connectivity index is 1.36. The molecule has 6 nitrogen and oxygen atoms in total. The van der Waals surface area contributed by atoms with Crippen LogP contribution in [-0.2, 0) is 6.18 Å². The van der Waals surface area contributed by atoms with Crippen LogP contribution in [0.1, 0.15) is 21.6 Å². The molecule has 0 saturated carbocycles. The van der Waals surface area contributed by atoms with Crippen LogP contribution in [0.5, 0.6) is 11.5 Å². The monoisotopic (exact) mass is 510 g/mol. The van der Waals surface area contributed by atoms with E-state index in [1.165, 1.54) is 6.07 Å². The molecule has 0 radical (unpaired) electrons. The number of alkyl halides is 3. The van der Waals surface area contributed by atoms with Gasteiger partial charge in [0.2, 0.25) is 0 Å². The number of nitrogens with zero attached hydrogens (tertiary/aromatic N) is 2. The minimum Gasteiger partial charge on any atom is -0.457 e. The van der Waals surface area contributed by atoms with E-state index in [-0.39, 0.29) is 5.56 Å². The van der Waals surface area contributed by atoms with Crippen molar-refractivity contribution in [2.75, 3.05) is 18.4 Å². The number of fused-ring (bicyclic) bond motifs is 1. The van der Waals surface area contributed by atoms with Crippen LogP contribution in [0.15, 0.2) is 77.9 Å². The summed E-state index contributed by atoms with van der Waals surface area (Å²) in [5, 5.41) is 7.01. The van der Waals surface area contributed by atoms with E-state index in [0.29, 0.717) is 29.4 Å². The third-order valence-electron chi connectivity index (χ3n) is 5.49. The molecule has 0 fully saturated rings. The standard InChI is InChI=1S/C26H18ClF3N4O2/c27-22-6-3-16(13-21(22)26(28,29)30)25(35)34-18-4-1-15-2-5-19(12-17(15)11-18)36-20-7-8-31-23(14-20)24-32-9-10-33-24/h1-8,11-14H,9-10H2,(H,32,33)(H,34,35). The Kier molecular flexibility index (Phi) is 6.24. The maximum absolute atomic E-state index is 13.1. The Labute approximate surface area is 208 Å². The molecule has 0 aliphatic carbocycles. The third kappa shape index (κ3) is 5.11. The Bertz CT molecular complexity index is 1500. The Morgan fingerprint density at radius 2 is 1.78 bits per heavy atom. The van der Waals surface area contributed by atoms with Gasteiger partial charge in [0.25, 0.3) is 5.91 Å². The normalized spacial score (nSPS) is 13.3. The molecule has 2 heterocycles. The van der Waals surface area contributed by atoms with Crippen molar-refractivity contribution in [2.24, 2.45) is 4.99 Å². The Morgan fingerprint density at radius 1 is 0.972 bits per heavy atom. The van der Waals surface area contributed by atoms with E-state index >= 15 is 0 Å². The number of amides is 1. The van der Waals surface area contributed by atoms with Gasteiger partial charge in [-0.1, -0.05) is 23.7 Å². The average molecular weight is 511 g/mol. The first-order valence-corrected chi connectivity index (χ1v) is 11.3. The number of carbonyl (C=O) groups is 1. The van der Waals surface area contributed by atoms with Gasteiger partial charge < -0.3 is 15.4 Å². The SMILES string of the molecule is O=C(Nc1ccc2ccc(Oc3ccnc(C4=NCCN4)c3)cc2c1)c1ccc(Cl)c(C(F)(F)F)c1. The van der Waals surface area contributed by atoms with Crippen LogP contribution in [0.4, 0.5) is 18.9 Å². The smallest absolute Gasteiger partial charge is 0.417 e. The molecule has 0 atom stereocenters. The molecule has 0 bridgehead atoms. The van der Waals surface area contributed by atoms with Crippen molar-refractivity contribution >= 4 is 39.8 Å². The molecule has 1 aromatic heterocycles. The van der Waals surface area contributed by atoms with Crippen molar-refractivity contribution in [3.63, 3.8) is 0 Å². The van der Waals surface area contributed by atoms with Gasteiger partial charge in [-0.25, -0.2) is 0 Å². The first-order valence-electron chi connectivity index (χ1n) is 10.9. The first-order chi connectivity index (χ1) is 17.3. The number of ether oxygens (including phenoxy) is 1. The third-order valence-corrected chi connectivity index (χ3v) is 5.82. The summed E-state index contributed by atoms with van der Waals surface area (Å²) in [5.41, 5.74) is -0.109. The molecule has 2 N–H and O–H groups in total. The lowest BCUT2D eigenvalue weighted by Gasteiger charge is -2.12. The topological polar surface area (TPSA) is 75.6 Å². The number of aromatic nitrogens is 1. The molecule has 0 spiro atoms. The predicted octanol–water partition coefficient (Wildman–Crippen LogP) is 6.30. The second-order valence-electron chi connectivity index (χ2n) is 8.01. The summed E-state index contributed by atoms with van der Waals surface area (Å²) < 4.78 is 45.4. The van der Waals surface area contributed by atoms with E-state index in [1.807, 2.05) is 12.1 Å². The molecule has 1 aliphatic heterocycles. The molecule has 4 aromatic rings. The molecule has 0 saturated heterocycles. The summed E-state index contributed by atoms with van der Waals surface area (Å²) in [6.45, 7) is 1.47. The molecule has 1 aliphatic rings. The van der Waals surface area contributed by atoms with Gasteiger partial charge in [0, 0.05) is 30.1 Å². The van der Waals surface area contributed by atoms with Crippen molar-refractivity contribution < 1.29 is 22.7 Å². The number of rotatable bonds is 5. The van der Waals surface area contributed by atoms with E-state index in [9.17, 15) is 18.0 Å². The lowest BCUT2D eigenvalue weighted by molar-refractivity contribution is -0.137. The fourth-order valence-electron chi connectivity index (χ4n) is 3.76. The summed E-state index contributed by atoms with van der Waals surface area (Å²) in [5.74, 6) is 1.19. The molecule has 0 unspecified atom stereocenters. The highest BCUT2D eigenvalue weighted by molar-refractivity contribution is 6.31. The van der Waals surface area contributed by atoms with Gasteiger partial charge in [0.15, 0.2) is 0 Å². The molecular weight excluding hydrogens is 493 g/mol. The zero-order chi connectivity index (χ0) is 25.3. The number of carbonyl (C=O) groups excluding carboxylic acids is 1. The van der Waals surface area contributed by atoms with Crippen molar-refractivity contribution in [3.8, 4) is 11.5 Å². The highest BCUT2D eigenvalue weighted by Gasteiger charge is 2.33. The van der Waals surface area contributed by atoms with E-state index < -0.39 is 22.7 Å². The van der Waals surface area contributed by atoms with Gasteiger partial charge in [-0.15, -0.1) is 0 Å². The van der Waals surface area contributed by atoms with Crippen molar-refractivity contribution in [2.45, 2.75) is 6.18 Å². The maximum atomic E-state index is 13.1. The van der Waals surface area contributed by atoms with Crippen LogP contribution in [0.2, 0.25) is 5.02 Å². The molecule has 5 rings (SSSR count). The number of pyridine rings is 1. The van der Waals surface area contributed by atoms with Crippen LogP contribution >= 0.6 is 11.6 Å². The van der Waals surface area contributed by atoms with E-state index in [1.54, 1.807) is 42.6 Å². The number of nitrogens with one attached hydrogen (secondary N) is 2. The molecule has 10 heteroatoms. The Morgan fingerprint density at radius 3 is 2.56 bits per heavy atom. The average Bonchev–Trinajstić information content (AvgIpc) is 3.39. The molecule has 1 amide bonds. The zero-order valence-electron chi connectivity index (χ0n) is 18.6. The van der Waals surface area contributed by atoms with Crippen molar-refractivity contribution in [3.05, 3.63) is 94.8 Å². The number of halogens is 4. The highest BCUT2D eigenvalue weighted by atomic mass is 35.5. The lowest BCUT2D eigenvalue weighted by Crippen LogP contribution is -2.20. The zero-order valence-corrected chi connectivity index (χ0v) is 19.3. The number of benzene rings is 3. The van der Waals surface area contributed by atoms with E-state index in [0.717, 1.165) is 35.3 Å². The molecule has 36 heavy (non-hydrogen) atoms. The quantitative estimate of drug-likeness (QED) is 0.330. The number of anilines is 1. The Hall–Kier alpha value is -4.11. The summed E-state index contributed by atoms with van der Waals surface area (Å²) in [7, 11) is 0. The number of aliphatic imine (C=N–C) groups is 1. The van der Waals surface area contributed by atoms with Crippen LogP contribution in [0.3, 0.4) is 0 Å². The maximum Gasteiger partial charge on any atom is 0.417 e. The predicted molar refractivity (Wildman–Crippen MR) is 132 cm³/mol. The summed E-state index contributed by atoms with van der Waals surface area (Å²) in [6.07, 6.45) is -3.02. The van der Waals surface area contributed by atoms with Crippen LogP contribution in [0.25, 0.3) is 10.8 Å². The van der Waals surface area contributed by atoms with Gasteiger partial charge in [0.1, 0.15) is 23.0 Å². The minimum atomic E-state index is -4.66. The summed E-state index contributed by atoms with van der Waals surface area (Å²) >= 11 is 5.65. The molecule has 3 aromatic carbocycles. The largest absolute Gasteiger partial charge is 0.457 e. The fourth-order valence-corrected chi connectivity index (χ4v) is 3.99. The number of hydrogen-bond donors (Lipinski definition) is 2. The number of hydrogen-bond acceptors (Lipinski definition) is 5. The van der Waals surface area contributed by atoms with E-state index in [4.69, 9.17) is 16.3 Å². The van der Waals surface area contributed by atoms with Gasteiger partial charge in [0.05, 0.1) is 17.1 Å². The number of amidine groups is 1. The van der Waals surface area contributed by atoms with E-state index in [2.05, 4.69) is 20.6 Å². The van der Waals surface area contributed by atoms with Crippen molar-refractivity contribution in [1.82, 2.24) is 10.3 Å². The summed E-state index contributed by atoms with van der Waals surface area (Å²) in [6, 6.07) is 17.3. The molecular formula is C26H18ClF3N4O2. The van der Waals surface area contributed by atoms with Crippen LogP contribution in [0, 0.1) is 0 Å².